The predicted octanol–water partition coefficient (Wildman–Crippen LogP) is 3.42. The van der Waals surface area contributed by atoms with Crippen molar-refractivity contribution in [3.8, 4) is 11.5 Å². The van der Waals surface area contributed by atoms with E-state index in [9.17, 15) is 13.2 Å². The first-order chi connectivity index (χ1) is 13.0. The van der Waals surface area contributed by atoms with Crippen molar-refractivity contribution in [3.63, 3.8) is 0 Å². The molecule has 1 atom stereocenters. The molecular formula is C18H17F3N6. The van der Waals surface area contributed by atoms with E-state index in [-0.39, 0.29) is 17.7 Å². The molecule has 27 heavy (non-hydrogen) atoms. The highest BCUT2D eigenvalue weighted by molar-refractivity contribution is 5.54. The van der Waals surface area contributed by atoms with E-state index in [1.807, 2.05) is 15.7 Å². The first kappa shape index (κ1) is 17.4. The van der Waals surface area contributed by atoms with E-state index in [0.29, 0.717) is 18.8 Å². The average Bonchev–Trinajstić information content (AvgIpc) is 3.34. The Bertz CT molecular complexity index is 895. The zero-order chi connectivity index (χ0) is 18.9. The van der Waals surface area contributed by atoms with Gasteiger partial charge in [0.2, 0.25) is 0 Å². The molecule has 3 aromatic rings. The number of pyridine rings is 1. The second kappa shape index (κ2) is 6.98. The Hall–Kier alpha value is -2.97. The Labute approximate surface area is 153 Å². The highest BCUT2D eigenvalue weighted by Gasteiger charge is 2.36. The molecule has 3 aromatic heterocycles. The molecule has 4 heterocycles. The van der Waals surface area contributed by atoms with Gasteiger partial charge in [-0.1, -0.05) is 6.07 Å². The third-order valence-electron chi connectivity index (χ3n) is 4.55. The standard InChI is InChI=1S/C18H17F3N6/c19-18(20,21)15-10-16(25-17(24-15)14-5-1-2-6-23-14)27-8-3-4-13(27)11-26-9-7-22-12-26/h1-2,5-7,9-10,12-13H,3-4,8,11H2. The van der Waals surface area contributed by atoms with Crippen molar-refractivity contribution in [1.29, 1.82) is 0 Å². The van der Waals surface area contributed by atoms with Gasteiger partial charge in [-0.15, -0.1) is 0 Å². The average molecular weight is 374 g/mol. The highest BCUT2D eigenvalue weighted by atomic mass is 19.4. The monoisotopic (exact) mass is 374 g/mol. The molecule has 0 saturated carbocycles. The molecule has 1 saturated heterocycles. The van der Waals surface area contributed by atoms with E-state index in [4.69, 9.17) is 0 Å². The van der Waals surface area contributed by atoms with Gasteiger partial charge in [-0.25, -0.2) is 15.0 Å². The van der Waals surface area contributed by atoms with Gasteiger partial charge in [0.15, 0.2) is 11.5 Å². The van der Waals surface area contributed by atoms with E-state index in [1.165, 1.54) is 6.20 Å². The molecule has 0 radical (unpaired) electrons. The first-order valence-corrected chi connectivity index (χ1v) is 8.61. The van der Waals surface area contributed by atoms with Crippen LogP contribution in [-0.4, -0.2) is 37.1 Å². The molecule has 0 aromatic carbocycles. The number of hydrogen-bond acceptors (Lipinski definition) is 5. The maximum absolute atomic E-state index is 13.4. The van der Waals surface area contributed by atoms with E-state index >= 15 is 0 Å². The maximum Gasteiger partial charge on any atom is 0.433 e. The Morgan fingerprint density at radius 2 is 2.04 bits per heavy atom. The summed E-state index contributed by atoms with van der Waals surface area (Å²) in [6.07, 6.45) is 3.96. The Kier molecular flexibility index (Phi) is 4.51. The minimum absolute atomic E-state index is 0.0197. The molecule has 0 spiro atoms. The van der Waals surface area contributed by atoms with E-state index in [0.717, 1.165) is 18.9 Å². The van der Waals surface area contributed by atoms with Crippen LogP contribution in [0, 0.1) is 0 Å². The zero-order valence-corrected chi connectivity index (χ0v) is 14.3. The lowest BCUT2D eigenvalue weighted by atomic mass is 10.2. The number of hydrogen-bond donors (Lipinski definition) is 0. The molecule has 140 valence electrons. The van der Waals surface area contributed by atoms with Crippen LogP contribution in [0.3, 0.4) is 0 Å². The summed E-state index contributed by atoms with van der Waals surface area (Å²) in [5, 5.41) is 0. The van der Waals surface area contributed by atoms with Gasteiger partial charge >= 0.3 is 6.18 Å². The van der Waals surface area contributed by atoms with Crippen LogP contribution >= 0.6 is 0 Å². The fourth-order valence-electron chi connectivity index (χ4n) is 3.30. The summed E-state index contributed by atoms with van der Waals surface area (Å²) in [5.41, 5.74) is -0.642. The van der Waals surface area contributed by atoms with Gasteiger partial charge in [0.25, 0.3) is 0 Å². The predicted molar refractivity (Wildman–Crippen MR) is 92.9 cm³/mol. The van der Waals surface area contributed by atoms with Gasteiger partial charge in [0, 0.05) is 43.8 Å². The van der Waals surface area contributed by atoms with Crippen molar-refractivity contribution in [2.75, 3.05) is 11.4 Å². The van der Waals surface area contributed by atoms with E-state index in [2.05, 4.69) is 19.9 Å². The van der Waals surface area contributed by atoms with Gasteiger partial charge in [-0.2, -0.15) is 13.2 Å². The number of halogens is 3. The van der Waals surface area contributed by atoms with Crippen molar-refractivity contribution >= 4 is 5.82 Å². The maximum atomic E-state index is 13.4. The van der Waals surface area contributed by atoms with Crippen molar-refractivity contribution in [1.82, 2.24) is 24.5 Å². The number of imidazole rings is 1. The summed E-state index contributed by atoms with van der Waals surface area (Å²) >= 11 is 0. The minimum atomic E-state index is -4.55. The second-order valence-electron chi connectivity index (χ2n) is 6.40. The molecule has 0 bridgehead atoms. The van der Waals surface area contributed by atoms with Crippen LogP contribution in [0.2, 0.25) is 0 Å². The molecular weight excluding hydrogens is 357 g/mol. The lowest BCUT2D eigenvalue weighted by Crippen LogP contribution is -2.33. The van der Waals surface area contributed by atoms with Crippen LogP contribution in [0.1, 0.15) is 18.5 Å². The number of rotatable bonds is 4. The van der Waals surface area contributed by atoms with Crippen LogP contribution in [-0.2, 0) is 12.7 Å². The fourth-order valence-corrected chi connectivity index (χ4v) is 3.30. The van der Waals surface area contributed by atoms with E-state index < -0.39 is 11.9 Å². The molecule has 0 aliphatic carbocycles. The molecule has 1 unspecified atom stereocenters. The quantitative estimate of drug-likeness (QED) is 0.700. The van der Waals surface area contributed by atoms with Crippen LogP contribution in [0.4, 0.5) is 19.0 Å². The fraction of sp³-hybridized carbons (Fsp3) is 0.333. The van der Waals surface area contributed by atoms with Crippen LogP contribution in [0.5, 0.6) is 0 Å². The van der Waals surface area contributed by atoms with Gasteiger partial charge < -0.3 is 9.47 Å². The Balaban J connectivity index is 1.72. The molecule has 0 amide bonds. The lowest BCUT2D eigenvalue weighted by molar-refractivity contribution is -0.141. The lowest BCUT2D eigenvalue weighted by Gasteiger charge is -2.27. The number of anilines is 1. The number of alkyl halides is 3. The summed E-state index contributed by atoms with van der Waals surface area (Å²) in [6, 6.07) is 6.07. The van der Waals surface area contributed by atoms with E-state index in [1.54, 1.807) is 30.7 Å². The van der Waals surface area contributed by atoms with Gasteiger partial charge in [0.05, 0.1) is 6.33 Å². The highest BCUT2D eigenvalue weighted by Crippen LogP contribution is 2.33. The van der Waals surface area contributed by atoms with Crippen molar-refractivity contribution < 1.29 is 13.2 Å². The smallest absolute Gasteiger partial charge is 0.352 e. The Morgan fingerprint density at radius 1 is 1.15 bits per heavy atom. The zero-order valence-electron chi connectivity index (χ0n) is 14.3. The van der Waals surface area contributed by atoms with Crippen LogP contribution < -0.4 is 4.90 Å². The van der Waals surface area contributed by atoms with Gasteiger partial charge in [-0.3, -0.25) is 4.98 Å². The summed E-state index contributed by atoms with van der Waals surface area (Å²) < 4.78 is 42.2. The molecule has 1 fully saturated rings. The second-order valence-corrected chi connectivity index (χ2v) is 6.40. The Morgan fingerprint density at radius 3 is 2.74 bits per heavy atom. The van der Waals surface area contributed by atoms with Crippen molar-refractivity contribution in [2.24, 2.45) is 0 Å². The number of nitrogens with zero attached hydrogens (tertiary/aromatic N) is 6. The SMILES string of the molecule is FC(F)(F)c1cc(N2CCCC2Cn2ccnc2)nc(-c2ccccn2)n1. The largest absolute Gasteiger partial charge is 0.433 e. The van der Waals surface area contributed by atoms with Crippen molar-refractivity contribution in [2.45, 2.75) is 31.6 Å². The van der Waals surface area contributed by atoms with Crippen LogP contribution in [0.25, 0.3) is 11.5 Å². The third-order valence-corrected chi connectivity index (χ3v) is 4.55. The summed E-state index contributed by atoms with van der Waals surface area (Å²) in [4.78, 5) is 18.2. The summed E-state index contributed by atoms with van der Waals surface area (Å²) in [5.74, 6) is 0.259. The normalized spacial score (nSPS) is 17.4. The minimum Gasteiger partial charge on any atom is -0.352 e. The third kappa shape index (κ3) is 3.76. The molecule has 0 N–H and O–H groups in total. The van der Waals surface area contributed by atoms with Gasteiger partial charge in [0.1, 0.15) is 11.5 Å². The molecule has 1 aliphatic rings. The molecule has 6 nitrogen and oxygen atoms in total. The van der Waals surface area contributed by atoms with Crippen LogP contribution in [0.15, 0.2) is 49.2 Å². The molecule has 4 rings (SSSR count). The molecule has 9 heteroatoms. The summed E-state index contributed by atoms with van der Waals surface area (Å²) in [7, 11) is 0. The molecule has 1 aliphatic heterocycles. The van der Waals surface area contributed by atoms with Gasteiger partial charge in [-0.05, 0) is 25.0 Å². The van der Waals surface area contributed by atoms with Crippen molar-refractivity contribution in [3.05, 3.63) is 54.9 Å². The first-order valence-electron chi connectivity index (χ1n) is 8.61. The number of aromatic nitrogens is 5. The summed E-state index contributed by atoms with van der Waals surface area (Å²) in [6.45, 7) is 1.29. The topological polar surface area (TPSA) is 59.7 Å².